The molecule has 0 aromatic carbocycles. The van der Waals surface area contributed by atoms with Crippen molar-refractivity contribution in [3.8, 4) is 0 Å². The van der Waals surface area contributed by atoms with Gasteiger partial charge in [-0.15, -0.1) is 0 Å². The minimum atomic E-state index is 0.506. The SMILES string of the molecule is CCCCCCNC1C=CC=C1. The highest BCUT2D eigenvalue weighted by molar-refractivity contribution is 5.21. The fourth-order valence-corrected chi connectivity index (χ4v) is 1.39. The summed E-state index contributed by atoms with van der Waals surface area (Å²) in [6, 6.07) is 0.506. The Morgan fingerprint density at radius 2 is 1.83 bits per heavy atom. The van der Waals surface area contributed by atoms with Crippen molar-refractivity contribution in [3.63, 3.8) is 0 Å². The predicted molar refractivity (Wildman–Crippen MR) is 54.2 cm³/mol. The topological polar surface area (TPSA) is 12.0 Å². The van der Waals surface area contributed by atoms with Gasteiger partial charge in [0.1, 0.15) is 0 Å². The molecular formula is C11H19N. The zero-order valence-corrected chi connectivity index (χ0v) is 7.92. The molecule has 0 amide bonds. The summed E-state index contributed by atoms with van der Waals surface area (Å²) in [5.74, 6) is 0. The van der Waals surface area contributed by atoms with Gasteiger partial charge in [-0.2, -0.15) is 0 Å². The van der Waals surface area contributed by atoms with Crippen molar-refractivity contribution < 1.29 is 0 Å². The molecule has 0 saturated heterocycles. The van der Waals surface area contributed by atoms with Gasteiger partial charge in [0.2, 0.25) is 0 Å². The Kier molecular flexibility index (Phi) is 4.77. The maximum atomic E-state index is 3.47. The average molecular weight is 165 g/mol. The molecule has 0 saturated carbocycles. The number of allylic oxidation sites excluding steroid dienone is 2. The Morgan fingerprint density at radius 3 is 2.50 bits per heavy atom. The van der Waals surface area contributed by atoms with Gasteiger partial charge in [-0.05, 0) is 13.0 Å². The highest BCUT2D eigenvalue weighted by atomic mass is 14.9. The van der Waals surface area contributed by atoms with E-state index in [1.807, 2.05) is 0 Å². The monoisotopic (exact) mass is 165 g/mol. The summed E-state index contributed by atoms with van der Waals surface area (Å²) in [4.78, 5) is 0. The van der Waals surface area contributed by atoms with Crippen molar-refractivity contribution in [1.82, 2.24) is 5.32 Å². The molecule has 68 valence electrons. The molecule has 1 aliphatic carbocycles. The summed E-state index contributed by atoms with van der Waals surface area (Å²) in [6.07, 6.45) is 14.0. The van der Waals surface area contributed by atoms with Crippen LogP contribution in [0.4, 0.5) is 0 Å². The molecule has 0 radical (unpaired) electrons. The van der Waals surface area contributed by atoms with Gasteiger partial charge in [-0.25, -0.2) is 0 Å². The van der Waals surface area contributed by atoms with Crippen LogP contribution in [0.15, 0.2) is 24.3 Å². The molecule has 1 nitrogen and oxygen atoms in total. The third-order valence-corrected chi connectivity index (χ3v) is 2.16. The Morgan fingerprint density at radius 1 is 1.08 bits per heavy atom. The number of nitrogens with one attached hydrogen (secondary N) is 1. The van der Waals surface area contributed by atoms with E-state index in [4.69, 9.17) is 0 Å². The minimum Gasteiger partial charge on any atom is -0.307 e. The van der Waals surface area contributed by atoms with Crippen LogP contribution in [0.1, 0.15) is 32.6 Å². The maximum absolute atomic E-state index is 3.47. The van der Waals surface area contributed by atoms with Gasteiger partial charge >= 0.3 is 0 Å². The molecule has 0 aromatic rings. The molecule has 0 heterocycles. The normalized spacial score (nSPS) is 16.1. The van der Waals surface area contributed by atoms with Crippen LogP contribution in [-0.4, -0.2) is 12.6 Å². The van der Waals surface area contributed by atoms with E-state index in [9.17, 15) is 0 Å². The fourth-order valence-electron chi connectivity index (χ4n) is 1.39. The molecule has 0 unspecified atom stereocenters. The van der Waals surface area contributed by atoms with Gasteiger partial charge in [-0.3, -0.25) is 0 Å². The summed E-state index contributed by atoms with van der Waals surface area (Å²) in [6.45, 7) is 3.40. The predicted octanol–water partition coefficient (Wildman–Crippen LogP) is 2.65. The first-order valence-corrected chi connectivity index (χ1v) is 5.02. The Labute approximate surface area is 75.6 Å². The molecule has 0 aliphatic heterocycles. The molecule has 1 heteroatoms. The van der Waals surface area contributed by atoms with Gasteiger partial charge in [0, 0.05) is 6.04 Å². The first kappa shape index (κ1) is 9.53. The molecule has 1 N–H and O–H groups in total. The molecule has 0 atom stereocenters. The van der Waals surface area contributed by atoms with Crippen LogP contribution in [0.25, 0.3) is 0 Å². The van der Waals surface area contributed by atoms with Gasteiger partial charge in [0.15, 0.2) is 0 Å². The van der Waals surface area contributed by atoms with E-state index in [0.717, 1.165) is 6.54 Å². The van der Waals surface area contributed by atoms with Gasteiger partial charge in [0.05, 0.1) is 0 Å². The first-order valence-electron chi connectivity index (χ1n) is 5.02. The van der Waals surface area contributed by atoms with Crippen LogP contribution in [0.3, 0.4) is 0 Å². The van der Waals surface area contributed by atoms with E-state index in [-0.39, 0.29) is 0 Å². The van der Waals surface area contributed by atoms with E-state index in [0.29, 0.717) is 6.04 Å². The van der Waals surface area contributed by atoms with Gasteiger partial charge in [0.25, 0.3) is 0 Å². The Bertz CT molecular complexity index is 146. The standard InChI is InChI=1S/C11H19N/c1-2-3-4-7-10-12-11-8-5-6-9-11/h5-6,8-9,11-12H,2-4,7,10H2,1H3. The van der Waals surface area contributed by atoms with Gasteiger partial charge < -0.3 is 5.32 Å². The zero-order valence-electron chi connectivity index (χ0n) is 7.92. The summed E-state index contributed by atoms with van der Waals surface area (Å²) < 4.78 is 0. The van der Waals surface area contributed by atoms with Crippen molar-refractivity contribution in [2.24, 2.45) is 0 Å². The fraction of sp³-hybridized carbons (Fsp3) is 0.636. The lowest BCUT2D eigenvalue weighted by Crippen LogP contribution is -2.24. The van der Waals surface area contributed by atoms with E-state index in [1.165, 1.54) is 25.7 Å². The average Bonchev–Trinajstić information content (AvgIpc) is 2.57. The lowest BCUT2D eigenvalue weighted by Gasteiger charge is -2.07. The van der Waals surface area contributed by atoms with Crippen LogP contribution < -0.4 is 5.32 Å². The Hall–Kier alpha value is -0.560. The van der Waals surface area contributed by atoms with Gasteiger partial charge in [-0.1, -0.05) is 50.5 Å². The zero-order chi connectivity index (χ0) is 8.65. The molecule has 0 bridgehead atoms. The minimum absolute atomic E-state index is 0.506. The smallest absolute Gasteiger partial charge is 0.0441 e. The number of rotatable bonds is 6. The van der Waals surface area contributed by atoms with Crippen molar-refractivity contribution in [2.45, 2.75) is 38.6 Å². The first-order chi connectivity index (χ1) is 5.93. The van der Waals surface area contributed by atoms with E-state index in [1.54, 1.807) is 0 Å². The van der Waals surface area contributed by atoms with Crippen molar-refractivity contribution >= 4 is 0 Å². The molecule has 0 aromatic heterocycles. The number of hydrogen-bond donors (Lipinski definition) is 1. The van der Waals surface area contributed by atoms with Crippen LogP contribution in [-0.2, 0) is 0 Å². The van der Waals surface area contributed by atoms with E-state index >= 15 is 0 Å². The third-order valence-electron chi connectivity index (χ3n) is 2.16. The molecule has 0 spiro atoms. The molecule has 0 fully saturated rings. The van der Waals surface area contributed by atoms with Crippen molar-refractivity contribution in [2.75, 3.05) is 6.54 Å². The second-order valence-corrected chi connectivity index (χ2v) is 3.31. The summed E-state index contributed by atoms with van der Waals surface area (Å²) in [5.41, 5.74) is 0. The summed E-state index contributed by atoms with van der Waals surface area (Å²) >= 11 is 0. The Balaban J connectivity index is 1.89. The highest BCUT2D eigenvalue weighted by Gasteiger charge is 2.00. The van der Waals surface area contributed by atoms with Crippen LogP contribution in [0.2, 0.25) is 0 Å². The van der Waals surface area contributed by atoms with Crippen LogP contribution in [0, 0.1) is 0 Å². The molecule has 1 rings (SSSR count). The quantitative estimate of drug-likeness (QED) is 0.597. The highest BCUT2D eigenvalue weighted by Crippen LogP contribution is 2.01. The molecule has 12 heavy (non-hydrogen) atoms. The number of unbranched alkanes of at least 4 members (excludes halogenated alkanes) is 3. The lowest BCUT2D eigenvalue weighted by atomic mass is 10.2. The third kappa shape index (κ3) is 3.72. The summed E-state index contributed by atoms with van der Waals surface area (Å²) in [5, 5.41) is 3.47. The maximum Gasteiger partial charge on any atom is 0.0441 e. The summed E-state index contributed by atoms with van der Waals surface area (Å²) in [7, 11) is 0. The van der Waals surface area contributed by atoms with Crippen LogP contribution >= 0.6 is 0 Å². The van der Waals surface area contributed by atoms with E-state index in [2.05, 4.69) is 36.5 Å². The van der Waals surface area contributed by atoms with E-state index < -0.39 is 0 Å². The second kappa shape index (κ2) is 6.01. The lowest BCUT2D eigenvalue weighted by molar-refractivity contribution is 0.593. The van der Waals surface area contributed by atoms with Crippen LogP contribution in [0.5, 0.6) is 0 Å². The largest absolute Gasteiger partial charge is 0.307 e. The molecular weight excluding hydrogens is 146 g/mol. The van der Waals surface area contributed by atoms with Crippen molar-refractivity contribution in [3.05, 3.63) is 24.3 Å². The number of hydrogen-bond acceptors (Lipinski definition) is 1. The molecule has 1 aliphatic rings. The van der Waals surface area contributed by atoms with Crippen molar-refractivity contribution in [1.29, 1.82) is 0 Å². The second-order valence-electron chi connectivity index (χ2n) is 3.31.